The number of carbonyl (C=O) groups is 15. The Labute approximate surface area is 875 Å². The molecule has 5 aromatic carbocycles. The summed E-state index contributed by atoms with van der Waals surface area (Å²) >= 11 is 0. The zero-order valence-electron chi connectivity index (χ0n) is 87.8. The molecule has 149 heavy (non-hydrogen) atoms. The van der Waals surface area contributed by atoms with E-state index in [4.69, 9.17) is 66.3 Å². The van der Waals surface area contributed by atoms with Gasteiger partial charge in [0.05, 0.1) is 85.0 Å². The standard InChI is InChI=1S/C108H160N12O29/c1-81(107(2,3)4)72-87(117-106(135)149-108(5,6)7)73-86-46-47-91(148-99(128)45-25-51-116-103(132)89(120-105(134)147-80-85-36-18-11-19-37-85)39-21-23-49-110-93(122)42-27-57-137-65-69-141-61-53-112-95(124)44-29-59-139-67-71-143-63-55-114-98(127)76-101(130)145-78-83-32-14-9-15-33-83)90(74-86)118-96(125)40-24-50-115-102(131)88(119-104(133)146-79-84-34-16-10-17-35-84)38-20-22-48-109-92(121)41-26-56-136-64-68-140-60-52-111-94(123)43-28-58-138-66-70-142-62-54-113-97(126)75-100(129)144-77-82-30-12-8-13-31-82/h8-19,30-37,46-47,74,81,87-89H,20-29,38-45,48-73,75-80H2,1-7H3,(H,109,121)(H,110,122)(H,111,123)(H,112,124)(H,113,126)(H,114,127)(H,115,131)(H,116,132)(H,117,135)(H,118,125)(H,119,133)(H,120,134)/t81?,87-,88+,89+/m1/s1. The molecular formula is C108H160N12O29. The highest BCUT2D eigenvalue weighted by Crippen LogP contribution is 2.32. The molecule has 826 valence electrons. The Morgan fingerprint density at radius 3 is 0.987 bits per heavy atom. The molecule has 0 aromatic heterocycles. The van der Waals surface area contributed by atoms with E-state index in [9.17, 15) is 71.9 Å². The first-order chi connectivity index (χ1) is 71.8. The second-order valence-corrected chi connectivity index (χ2v) is 37.3. The number of benzene rings is 5. The minimum Gasteiger partial charge on any atom is -0.460 e. The second kappa shape index (κ2) is 78.5. The van der Waals surface area contributed by atoms with Crippen molar-refractivity contribution >= 4 is 95.0 Å². The summed E-state index contributed by atoms with van der Waals surface area (Å²) in [5.74, 6) is -5.00. The first-order valence-electron chi connectivity index (χ1n) is 51.6. The molecular weight excluding hydrogens is 1930 g/mol. The van der Waals surface area contributed by atoms with Gasteiger partial charge in [0.1, 0.15) is 57.0 Å². The highest BCUT2D eigenvalue weighted by Gasteiger charge is 2.30. The van der Waals surface area contributed by atoms with E-state index in [0.29, 0.717) is 142 Å². The predicted molar refractivity (Wildman–Crippen MR) is 553 cm³/mol. The van der Waals surface area contributed by atoms with Gasteiger partial charge in [0.25, 0.3) is 0 Å². The number of amides is 12. The fourth-order valence-corrected chi connectivity index (χ4v) is 13.9. The maximum Gasteiger partial charge on any atom is 0.408 e. The Hall–Kier alpha value is -12.8. The van der Waals surface area contributed by atoms with Crippen LogP contribution in [0.15, 0.2) is 140 Å². The third kappa shape index (κ3) is 67.0. The van der Waals surface area contributed by atoms with Gasteiger partial charge in [0.15, 0.2) is 5.75 Å². The van der Waals surface area contributed by atoms with Crippen molar-refractivity contribution in [1.29, 1.82) is 0 Å². The summed E-state index contributed by atoms with van der Waals surface area (Å²) in [5.41, 5.74) is 2.99. The van der Waals surface area contributed by atoms with E-state index >= 15 is 0 Å². The minimum atomic E-state index is -1.06. The summed E-state index contributed by atoms with van der Waals surface area (Å²) < 4.78 is 77.2. The molecule has 4 atom stereocenters. The zero-order chi connectivity index (χ0) is 108. The Bertz CT molecular complexity index is 4690. The van der Waals surface area contributed by atoms with Crippen LogP contribution in [-0.4, -0.2) is 271 Å². The van der Waals surface area contributed by atoms with Crippen LogP contribution < -0.4 is 68.5 Å². The summed E-state index contributed by atoms with van der Waals surface area (Å²) in [6, 6.07) is 38.7. The number of esters is 3. The Morgan fingerprint density at radius 1 is 0.295 bits per heavy atom. The average molecular weight is 2090 g/mol. The van der Waals surface area contributed by atoms with Gasteiger partial charge >= 0.3 is 36.2 Å². The number of hydrogen-bond donors (Lipinski definition) is 12. The summed E-state index contributed by atoms with van der Waals surface area (Å²) in [5, 5.41) is 33.5. The van der Waals surface area contributed by atoms with Crippen LogP contribution in [-0.2, 0) is 152 Å². The second-order valence-electron chi connectivity index (χ2n) is 37.3. The van der Waals surface area contributed by atoms with Gasteiger partial charge < -0.3 is 130 Å². The number of hydrogen-bond acceptors (Lipinski definition) is 29. The van der Waals surface area contributed by atoms with Crippen LogP contribution in [0.4, 0.5) is 20.1 Å². The van der Waals surface area contributed by atoms with Crippen molar-refractivity contribution in [3.05, 3.63) is 167 Å². The van der Waals surface area contributed by atoms with E-state index in [0.717, 1.165) is 22.3 Å². The molecule has 5 aromatic rings. The number of unbranched alkanes of at least 4 members (excludes halogenated alkanes) is 2. The van der Waals surface area contributed by atoms with Crippen LogP contribution in [0.25, 0.3) is 0 Å². The summed E-state index contributed by atoms with van der Waals surface area (Å²) in [4.78, 5) is 193. The van der Waals surface area contributed by atoms with Crippen molar-refractivity contribution in [1.82, 2.24) is 58.5 Å². The lowest BCUT2D eigenvalue weighted by atomic mass is 9.78. The van der Waals surface area contributed by atoms with E-state index < -0.39 is 89.5 Å². The van der Waals surface area contributed by atoms with Crippen LogP contribution in [0.5, 0.6) is 5.75 Å². The molecule has 0 radical (unpaired) electrons. The molecule has 0 fully saturated rings. The van der Waals surface area contributed by atoms with E-state index in [1.165, 1.54) is 0 Å². The van der Waals surface area contributed by atoms with E-state index in [1.807, 2.05) is 72.8 Å². The Morgan fingerprint density at radius 2 is 0.624 bits per heavy atom. The maximum atomic E-state index is 14.0. The molecule has 12 amide bonds. The molecule has 0 spiro atoms. The lowest BCUT2D eigenvalue weighted by Crippen LogP contribution is -2.47. The van der Waals surface area contributed by atoms with Crippen molar-refractivity contribution in [2.24, 2.45) is 11.3 Å². The number of nitrogens with one attached hydrogen (secondary N) is 12. The van der Waals surface area contributed by atoms with Crippen LogP contribution in [0.2, 0.25) is 0 Å². The summed E-state index contributed by atoms with van der Waals surface area (Å²) in [7, 11) is 0. The van der Waals surface area contributed by atoms with Crippen molar-refractivity contribution < 1.29 is 138 Å². The van der Waals surface area contributed by atoms with Gasteiger partial charge in [0, 0.05) is 123 Å². The number of ether oxygens (including phenoxy) is 14. The Kier molecular flexibility index (Phi) is 66.7. The van der Waals surface area contributed by atoms with Crippen LogP contribution >= 0.6 is 0 Å². The molecule has 1 unspecified atom stereocenters. The topological polar surface area (TPSA) is 530 Å². The van der Waals surface area contributed by atoms with Gasteiger partial charge in [-0.25, -0.2) is 14.4 Å². The van der Waals surface area contributed by atoms with Crippen molar-refractivity contribution in [2.75, 3.05) is 163 Å². The molecule has 41 heteroatoms. The number of anilines is 1. The van der Waals surface area contributed by atoms with Gasteiger partial charge in [-0.2, -0.15) is 0 Å². The normalized spacial score (nSPS) is 12.0. The molecule has 0 aliphatic heterocycles. The SMILES string of the molecule is CC(C[C@H](Cc1ccc(OC(=O)CCCNC(=O)[C@H](CCCCNC(=O)CCCOCCOCCNC(=O)CCCOCCOCCNC(=O)CC(=O)OCc2ccccc2)NC(=O)OCc2ccccc2)c(NC(=O)CCCNC(=O)[C@H](CCCCNC(=O)CCCOCCOCCNC(=O)CCCOCCOCCNC(=O)CC(=O)OCc2ccccc2)NC(=O)OCc2ccccc2)c1)NC(=O)OC(C)(C)C)C(C)(C)C. The van der Waals surface area contributed by atoms with Gasteiger partial charge in [-0.05, 0) is 162 Å². The van der Waals surface area contributed by atoms with Crippen molar-refractivity contribution in [2.45, 2.75) is 240 Å². The first kappa shape index (κ1) is 127. The minimum absolute atomic E-state index is 0.00551. The van der Waals surface area contributed by atoms with E-state index in [1.54, 1.807) is 87.5 Å². The lowest BCUT2D eigenvalue weighted by Gasteiger charge is -2.32. The monoisotopic (exact) mass is 2090 g/mol. The van der Waals surface area contributed by atoms with Crippen LogP contribution in [0.3, 0.4) is 0 Å². The largest absolute Gasteiger partial charge is 0.460 e. The first-order valence-corrected chi connectivity index (χ1v) is 51.6. The maximum absolute atomic E-state index is 14.0. The van der Waals surface area contributed by atoms with Crippen molar-refractivity contribution in [3.8, 4) is 5.75 Å². The van der Waals surface area contributed by atoms with Crippen LogP contribution in [0, 0.1) is 11.3 Å². The molecule has 0 bridgehead atoms. The van der Waals surface area contributed by atoms with E-state index in [2.05, 4.69) is 91.5 Å². The predicted octanol–water partition coefficient (Wildman–Crippen LogP) is 9.98. The molecule has 0 heterocycles. The summed E-state index contributed by atoms with van der Waals surface area (Å²) in [6.07, 6.45) is 2.64. The molecule has 12 N–H and O–H groups in total. The van der Waals surface area contributed by atoms with Gasteiger partial charge in [-0.3, -0.25) is 57.5 Å². The zero-order valence-corrected chi connectivity index (χ0v) is 87.8. The smallest absolute Gasteiger partial charge is 0.408 e. The van der Waals surface area contributed by atoms with Crippen LogP contribution in [0.1, 0.15) is 211 Å². The molecule has 5 rings (SSSR count). The lowest BCUT2D eigenvalue weighted by molar-refractivity contribution is -0.149. The third-order valence-electron chi connectivity index (χ3n) is 22.4. The quantitative estimate of drug-likeness (QED) is 0.00566. The summed E-state index contributed by atoms with van der Waals surface area (Å²) in [6.45, 7) is 20.2. The molecule has 41 nitrogen and oxygen atoms in total. The number of rotatable bonds is 81. The molecule has 0 aliphatic carbocycles. The molecule has 0 aliphatic rings. The average Bonchev–Trinajstić information content (AvgIpc) is 0.831. The fourth-order valence-electron chi connectivity index (χ4n) is 13.9. The van der Waals surface area contributed by atoms with Gasteiger partial charge in [0.2, 0.25) is 53.2 Å². The van der Waals surface area contributed by atoms with Gasteiger partial charge in [-0.15, -0.1) is 0 Å². The fraction of sp³-hybridized carbons (Fsp3) is 0.583. The molecule has 0 saturated heterocycles. The highest BCUT2D eigenvalue weighted by atomic mass is 16.6. The number of carbonyl (C=O) groups excluding carboxylic acids is 15. The highest BCUT2D eigenvalue weighted by molar-refractivity contribution is 5.95. The van der Waals surface area contributed by atoms with Gasteiger partial charge in [-0.1, -0.05) is 155 Å². The Balaban J connectivity index is 0.997. The van der Waals surface area contributed by atoms with E-state index in [-0.39, 0.29) is 235 Å². The van der Waals surface area contributed by atoms with Crippen molar-refractivity contribution in [3.63, 3.8) is 0 Å². The number of alkyl carbamates (subject to hydrolysis) is 3. The molecule has 0 saturated carbocycles. The third-order valence-corrected chi connectivity index (χ3v) is 22.4.